The zero-order valence-corrected chi connectivity index (χ0v) is 15.1. The van der Waals surface area contributed by atoms with Gasteiger partial charge >= 0.3 is 0 Å². The molecule has 0 heterocycles. The number of allylic oxidation sites excluding steroid dienone is 1. The molecule has 0 aliphatic heterocycles. The first kappa shape index (κ1) is 18.1. The van der Waals surface area contributed by atoms with Gasteiger partial charge in [0.2, 0.25) is 5.91 Å². The zero-order valence-electron chi connectivity index (χ0n) is 14.4. The summed E-state index contributed by atoms with van der Waals surface area (Å²) < 4.78 is 0. The standard InChI is InChI=1S/C20H28ClNO/c1-3-5-6-10-16(9-4-2)20(23)22(18-13-14-18)15-17-11-7-8-12-19(17)21/h7-9,11-12,18H,3-6,10,13-15H2,1-2H3. The molecule has 1 aromatic rings. The minimum Gasteiger partial charge on any atom is -0.332 e. The molecule has 2 nitrogen and oxygen atoms in total. The summed E-state index contributed by atoms with van der Waals surface area (Å²) in [5, 5.41) is 0.748. The van der Waals surface area contributed by atoms with Crippen LogP contribution in [0.4, 0.5) is 0 Å². The van der Waals surface area contributed by atoms with Crippen molar-refractivity contribution in [3.05, 3.63) is 46.5 Å². The zero-order chi connectivity index (χ0) is 16.7. The van der Waals surface area contributed by atoms with Gasteiger partial charge in [-0.2, -0.15) is 0 Å². The maximum atomic E-state index is 13.0. The summed E-state index contributed by atoms with van der Waals surface area (Å²) in [6, 6.07) is 8.23. The van der Waals surface area contributed by atoms with Crippen LogP contribution in [-0.4, -0.2) is 16.8 Å². The molecular weight excluding hydrogens is 306 g/mol. The van der Waals surface area contributed by atoms with Gasteiger partial charge in [0, 0.05) is 23.2 Å². The molecule has 1 saturated carbocycles. The Bertz CT molecular complexity index is 548. The summed E-state index contributed by atoms with van der Waals surface area (Å²) >= 11 is 6.29. The lowest BCUT2D eigenvalue weighted by Crippen LogP contribution is -2.33. The molecular formula is C20H28ClNO. The van der Waals surface area contributed by atoms with E-state index in [1.54, 1.807) is 0 Å². The van der Waals surface area contributed by atoms with E-state index in [1.165, 1.54) is 12.8 Å². The van der Waals surface area contributed by atoms with Gasteiger partial charge in [0.25, 0.3) is 0 Å². The first-order valence-electron chi connectivity index (χ1n) is 8.90. The Morgan fingerprint density at radius 2 is 2.00 bits per heavy atom. The smallest absolute Gasteiger partial charge is 0.250 e. The second-order valence-corrected chi connectivity index (χ2v) is 6.76. The molecule has 0 spiro atoms. The molecule has 1 amide bonds. The Morgan fingerprint density at radius 3 is 2.61 bits per heavy atom. The summed E-state index contributed by atoms with van der Waals surface area (Å²) in [4.78, 5) is 15.1. The molecule has 2 rings (SSSR count). The van der Waals surface area contributed by atoms with Crippen molar-refractivity contribution in [1.82, 2.24) is 4.90 Å². The van der Waals surface area contributed by atoms with Crippen LogP contribution in [0, 0.1) is 0 Å². The van der Waals surface area contributed by atoms with Crippen LogP contribution in [0.3, 0.4) is 0 Å². The number of unbranched alkanes of at least 4 members (excludes halogenated alkanes) is 2. The molecule has 23 heavy (non-hydrogen) atoms. The number of benzene rings is 1. The van der Waals surface area contributed by atoms with Crippen molar-refractivity contribution in [2.24, 2.45) is 0 Å². The minimum absolute atomic E-state index is 0.213. The fourth-order valence-electron chi connectivity index (χ4n) is 2.86. The second-order valence-electron chi connectivity index (χ2n) is 6.35. The van der Waals surface area contributed by atoms with E-state index in [1.807, 2.05) is 29.2 Å². The molecule has 1 aromatic carbocycles. The van der Waals surface area contributed by atoms with E-state index >= 15 is 0 Å². The highest BCUT2D eigenvalue weighted by molar-refractivity contribution is 6.31. The van der Waals surface area contributed by atoms with Crippen LogP contribution in [-0.2, 0) is 11.3 Å². The summed E-state index contributed by atoms with van der Waals surface area (Å²) in [5.41, 5.74) is 2.03. The van der Waals surface area contributed by atoms with E-state index in [0.717, 1.165) is 48.3 Å². The molecule has 1 fully saturated rings. The summed E-state index contributed by atoms with van der Waals surface area (Å²) in [6.07, 6.45) is 9.61. The quantitative estimate of drug-likeness (QED) is 0.416. The summed E-state index contributed by atoms with van der Waals surface area (Å²) in [7, 11) is 0. The monoisotopic (exact) mass is 333 g/mol. The van der Waals surface area contributed by atoms with Gasteiger partial charge in [0.1, 0.15) is 0 Å². The van der Waals surface area contributed by atoms with Crippen molar-refractivity contribution in [2.75, 3.05) is 0 Å². The highest BCUT2D eigenvalue weighted by Gasteiger charge is 2.33. The second kappa shape index (κ2) is 9.12. The van der Waals surface area contributed by atoms with Gasteiger partial charge in [-0.15, -0.1) is 0 Å². The van der Waals surface area contributed by atoms with Crippen molar-refractivity contribution in [1.29, 1.82) is 0 Å². The average molecular weight is 334 g/mol. The molecule has 3 heteroatoms. The highest BCUT2D eigenvalue weighted by Crippen LogP contribution is 2.31. The molecule has 0 unspecified atom stereocenters. The van der Waals surface area contributed by atoms with Gasteiger partial charge in [-0.25, -0.2) is 0 Å². The number of carbonyl (C=O) groups excluding carboxylic acids is 1. The van der Waals surface area contributed by atoms with Crippen molar-refractivity contribution in [3.63, 3.8) is 0 Å². The Balaban J connectivity index is 2.10. The number of amides is 1. The third kappa shape index (κ3) is 5.39. The van der Waals surface area contributed by atoms with E-state index in [9.17, 15) is 4.79 Å². The fourth-order valence-corrected chi connectivity index (χ4v) is 3.05. The van der Waals surface area contributed by atoms with E-state index in [2.05, 4.69) is 19.9 Å². The third-order valence-corrected chi connectivity index (χ3v) is 4.69. The molecule has 0 radical (unpaired) electrons. The molecule has 1 aliphatic carbocycles. The number of hydrogen-bond donors (Lipinski definition) is 0. The van der Waals surface area contributed by atoms with Crippen molar-refractivity contribution in [2.45, 2.75) is 71.4 Å². The number of rotatable bonds is 9. The lowest BCUT2D eigenvalue weighted by Gasteiger charge is -2.24. The van der Waals surface area contributed by atoms with Crippen LogP contribution in [0.25, 0.3) is 0 Å². The van der Waals surface area contributed by atoms with Gasteiger partial charge in [-0.05, 0) is 43.7 Å². The Morgan fingerprint density at radius 1 is 1.26 bits per heavy atom. The lowest BCUT2D eigenvalue weighted by molar-refractivity contribution is -0.128. The highest BCUT2D eigenvalue weighted by atomic mass is 35.5. The number of nitrogens with zero attached hydrogens (tertiary/aromatic N) is 1. The lowest BCUT2D eigenvalue weighted by atomic mass is 10.0. The summed E-state index contributed by atoms with van der Waals surface area (Å²) in [5.74, 6) is 0.213. The van der Waals surface area contributed by atoms with E-state index in [4.69, 9.17) is 11.6 Å². The predicted molar refractivity (Wildman–Crippen MR) is 97.5 cm³/mol. The SMILES string of the molecule is CCC=C(CCCCC)C(=O)N(Cc1ccccc1Cl)C1CC1. The molecule has 0 saturated heterocycles. The predicted octanol–water partition coefficient (Wildman–Crippen LogP) is 5.75. The third-order valence-electron chi connectivity index (χ3n) is 4.32. The van der Waals surface area contributed by atoms with Gasteiger partial charge in [-0.1, -0.05) is 62.6 Å². The topological polar surface area (TPSA) is 20.3 Å². The maximum absolute atomic E-state index is 13.0. The molecule has 0 bridgehead atoms. The van der Waals surface area contributed by atoms with Crippen LogP contribution in [0.2, 0.25) is 5.02 Å². The van der Waals surface area contributed by atoms with Crippen molar-refractivity contribution >= 4 is 17.5 Å². The van der Waals surface area contributed by atoms with Crippen LogP contribution >= 0.6 is 11.6 Å². The molecule has 0 N–H and O–H groups in total. The van der Waals surface area contributed by atoms with Gasteiger partial charge in [-0.3, -0.25) is 4.79 Å². The Labute approximate surface area is 145 Å². The first-order valence-corrected chi connectivity index (χ1v) is 9.28. The van der Waals surface area contributed by atoms with Crippen molar-refractivity contribution in [3.8, 4) is 0 Å². The maximum Gasteiger partial charge on any atom is 0.250 e. The summed E-state index contributed by atoms with van der Waals surface area (Å²) in [6.45, 7) is 4.92. The van der Waals surface area contributed by atoms with E-state index in [0.29, 0.717) is 12.6 Å². The molecule has 0 atom stereocenters. The van der Waals surface area contributed by atoms with Gasteiger partial charge in [0.15, 0.2) is 0 Å². The largest absolute Gasteiger partial charge is 0.332 e. The van der Waals surface area contributed by atoms with E-state index < -0.39 is 0 Å². The van der Waals surface area contributed by atoms with Gasteiger partial charge in [0.05, 0.1) is 0 Å². The number of halogens is 1. The molecule has 126 valence electrons. The van der Waals surface area contributed by atoms with Crippen LogP contribution in [0.5, 0.6) is 0 Å². The molecule has 1 aliphatic rings. The fraction of sp³-hybridized carbons (Fsp3) is 0.550. The van der Waals surface area contributed by atoms with Crippen LogP contribution in [0.1, 0.15) is 64.4 Å². The van der Waals surface area contributed by atoms with Crippen LogP contribution < -0.4 is 0 Å². The van der Waals surface area contributed by atoms with Gasteiger partial charge < -0.3 is 4.90 Å². The Kier molecular flexibility index (Phi) is 7.16. The van der Waals surface area contributed by atoms with E-state index in [-0.39, 0.29) is 5.91 Å². The number of carbonyl (C=O) groups is 1. The number of hydrogen-bond acceptors (Lipinski definition) is 1. The first-order chi connectivity index (χ1) is 11.2. The average Bonchev–Trinajstić information content (AvgIpc) is 3.38. The minimum atomic E-state index is 0.213. The molecule has 0 aromatic heterocycles. The Hall–Kier alpha value is -1.28. The van der Waals surface area contributed by atoms with Crippen LogP contribution in [0.15, 0.2) is 35.9 Å². The van der Waals surface area contributed by atoms with Crippen molar-refractivity contribution < 1.29 is 4.79 Å². The normalized spacial score (nSPS) is 14.8.